The van der Waals surface area contributed by atoms with Gasteiger partial charge in [0.1, 0.15) is 5.75 Å². The Morgan fingerprint density at radius 3 is 2.35 bits per heavy atom. The molecule has 5 heteroatoms. The number of rotatable bonds is 5. The molecule has 1 aromatic rings. The molecule has 1 aromatic carbocycles. The first kappa shape index (κ1) is 17.2. The zero-order valence-electron chi connectivity index (χ0n) is 13.0. The maximum atomic E-state index is 10.9. The predicted molar refractivity (Wildman–Crippen MR) is 85.4 cm³/mol. The van der Waals surface area contributed by atoms with Gasteiger partial charge in [0.15, 0.2) is 14.6 Å². The van der Waals surface area contributed by atoms with Crippen LogP contribution in [0.1, 0.15) is 36.7 Å². The molecule has 0 fully saturated rings. The van der Waals surface area contributed by atoms with Gasteiger partial charge in [-0.25, -0.2) is 0 Å². The van der Waals surface area contributed by atoms with Crippen LogP contribution in [0.15, 0.2) is 12.1 Å². The normalized spacial score (nSPS) is 12.3. The molecule has 0 atom stereocenters. The molecule has 0 saturated carbocycles. The summed E-state index contributed by atoms with van der Waals surface area (Å²) in [6.07, 6.45) is 0.739. The molecule has 0 bridgehead atoms. The fourth-order valence-electron chi connectivity index (χ4n) is 1.47. The summed E-state index contributed by atoms with van der Waals surface area (Å²) in [5.41, 5.74) is 1.30. The summed E-state index contributed by atoms with van der Waals surface area (Å²) in [5, 5.41) is 0.679. The van der Waals surface area contributed by atoms with Gasteiger partial charge in [0.2, 0.25) is 0 Å². The van der Waals surface area contributed by atoms with Crippen molar-refractivity contribution in [2.24, 2.45) is 0 Å². The van der Waals surface area contributed by atoms with Crippen molar-refractivity contribution in [1.29, 1.82) is 0 Å². The highest BCUT2D eigenvalue weighted by Crippen LogP contribution is 2.37. The Labute approximate surface area is 127 Å². The van der Waals surface area contributed by atoms with Crippen molar-refractivity contribution in [2.45, 2.75) is 45.5 Å². The third-order valence-electron chi connectivity index (χ3n) is 3.92. The van der Waals surface area contributed by atoms with Crippen LogP contribution in [0.5, 0.6) is 5.75 Å². The lowest BCUT2D eigenvalue weighted by Crippen LogP contribution is -2.40. The molecule has 3 nitrogen and oxygen atoms in total. The van der Waals surface area contributed by atoms with E-state index in [4.69, 9.17) is 20.8 Å². The summed E-state index contributed by atoms with van der Waals surface area (Å²) in [6, 6.07) is 3.40. The number of hydrogen-bond acceptors (Lipinski definition) is 3. The van der Waals surface area contributed by atoms with Crippen LogP contribution in [0.3, 0.4) is 0 Å². The summed E-state index contributed by atoms with van der Waals surface area (Å²) >= 11 is 6.20. The van der Waals surface area contributed by atoms with E-state index < -0.39 is 8.32 Å². The molecule has 20 heavy (non-hydrogen) atoms. The molecular formula is C15H23ClO3Si. The first-order chi connectivity index (χ1) is 9.12. The minimum absolute atomic E-state index is 0.145. The fourth-order valence-corrected chi connectivity index (χ4v) is 2.64. The van der Waals surface area contributed by atoms with Crippen LogP contribution in [-0.4, -0.2) is 21.7 Å². The number of carbonyl (C=O) groups is 1. The Bertz CT molecular complexity index is 493. The quantitative estimate of drug-likeness (QED) is 0.584. The molecule has 0 spiro atoms. The molecule has 0 amide bonds. The van der Waals surface area contributed by atoms with Gasteiger partial charge in [0, 0.05) is 5.02 Å². The first-order valence-electron chi connectivity index (χ1n) is 6.58. The molecule has 0 radical (unpaired) electrons. The Morgan fingerprint density at radius 1 is 1.30 bits per heavy atom. The molecule has 1 rings (SSSR count). The zero-order chi connectivity index (χ0) is 15.6. The van der Waals surface area contributed by atoms with Gasteiger partial charge in [-0.05, 0) is 35.8 Å². The number of hydrogen-bond donors (Lipinski definition) is 0. The minimum atomic E-state index is -1.83. The molecule has 112 valence electrons. The third kappa shape index (κ3) is 3.84. The number of halogens is 1. The lowest BCUT2D eigenvalue weighted by Gasteiger charge is -2.36. The summed E-state index contributed by atoms with van der Waals surface area (Å²) in [4.78, 5) is 10.9. The largest absolute Gasteiger partial charge is 0.496 e. The van der Waals surface area contributed by atoms with Crippen molar-refractivity contribution < 1.29 is 14.0 Å². The number of aldehydes is 1. The third-order valence-corrected chi connectivity index (χ3v) is 8.75. The van der Waals surface area contributed by atoms with Gasteiger partial charge in [-0.15, -0.1) is 0 Å². The van der Waals surface area contributed by atoms with Crippen molar-refractivity contribution in [3.05, 3.63) is 28.3 Å². The second-order valence-corrected chi connectivity index (χ2v) is 11.6. The molecule has 0 heterocycles. The van der Waals surface area contributed by atoms with E-state index in [0.29, 0.717) is 22.9 Å². The van der Waals surface area contributed by atoms with Gasteiger partial charge in [-0.2, -0.15) is 0 Å². The fraction of sp³-hybridized carbons (Fsp3) is 0.533. The lowest BCUT2D eigenvalue weighted by molar-refractivity contribution is 0.112. The number of benzene rings is 1. The first-order valence-corrected chi connectivity index (χ1v) is 9.86. The molecule has 0 aliphatic rings. The van der Waals surface area contributed by atoms with Crippen molar-refractivity contribution in [2.75, 3.05) is 7.11 Å². The van der Waals surface area contributed by atoms with Crippen LogP contribution < -0.4 is 4.74 Å². The SMILES string of the molecule is COc1cc(CO[Si](C)(C)C(C)(C)C)c(Cl)cc1C=O. The van der Waals surface area contributed by atoms with E-state index in [-0.39, 0.29) is 5.04 Å². The van der Waals surface area contributed by atoms with Gasteiger partial charge in [-0.1, -0.05) is 32.4 Å². The predicted octanol–water partition coefficient (Wildman–Crippen LogP) is 4.68. The van der Waals surface area contributed by atoms with E-state index in [1.54, 1.807) is 12.1 Å². The van der Waals surface area contributed by atoms with E-state index in [0.717, 1.165) is 11.8 Å². The average molecular weight is 315 g/mol. The van der Waals surface area contributed by atoms with Gasteiger partial charge < -0.3 is 9.16 Å². The van der Waals surface area contributed by atoms with Gasteiger partial charge in [0.25, 0.3) is 0 Å². The highest BCUT2D eigenvalue weighted by atomic mass is 35.5. The second-order valence-electron chi connectivity index (χ2n) is 6.35. The van der Waals surface area contributed by atoms with E-state index in [2.05, 4.69) is 33.9 Å². The summed E-state index contributed by atoms with van der Waals surface area (Å²) in [7, 11) is -0.293. The molecular weight excluding hydrogens is 292 g/mol. The van der Waals surface area contributed by atoms with Crippen LogP contribution in [0, 0.1) is 0 Å². The monoisotopic (exact) mass is 314 g/mol. The van der Waals surface area contributed by atoms with Crippen LogP contribution in [0.25, 0.3) is 0 Å². The molecule has 0 aliphatic heterocycles. The van der Waals surface area contributed by atoms with Crippen molar-refractivity contribution >= 4 is 26.2 Å². The lowest BCUT2D eigenvalue weighted by atomic mass is 10.1. The van der Waals surface area contributed by atoms with Gasteiger partial charge in [0.05, 0.1) is 19.3 Å². The van der Waals surface area contributed by atoms with Crippen molar-refractivity contribution in [3.8, 4) is 5.75 Å². The number of methoxy groups -OCH3 is 1. The van der Waals surface area contributed by atoms with Gasteiger partial charge >= 0.3 is 0 Å². The average Bonchev–Trinajstić information content (AvgIpc) is 2.35. The number of carbonyl (C=O) groups excluding carboxylic acids is 1. The minimum Gasteiger partial charge on any atom is -0.496 e. The van der Waals surface area contributed by atoms with Gasteiger partial charge in [-0.3, -0.25) is 4.79 Å². The summed E-state index contributed by atoms with van der Waals surface area (Å²) < 4.78 is 11.3. The molecule has 0 aromatic heterocycles. The van der Waals surface area contributed by atoms with Crippen LogP contribution >= 0.6 is 11.6 Å². The highest BCUT2D eigenvalue weighted by Gasteiger charge is 2.37. The molecule has 0 N–H and O–H groups in total. The van der Waals surface area contributed by atoms with E-state index in [1.807, 2.05) is 0 Å². The van der Waals surface area contributed by atoms with Crippen LogP contribution in [0.2, 0.25) is 23.2 Å². The highest BCUT2D eigenvalue weighted by molar-refractivity contribution is 6.74. The Hall–Kier alpha value is -0.843. The Morgan fingerprint density at radius 2 is 1.90 bits per heavy atom. The smallest absolute Gasteiger partial charge is 0.192 e. The maximum Gasteiger partial charge on any atom is 0.192 e. The zero-order valence-corrected chi connectivity index (χ0v) is 14.8. The molecule has 0 aliphatic carbocycles. The molecule has 0 unspecified atom stereocenters. The van der Waals surface area contributed by atoms with E-state index in [1.165, 1.54) is 7.11 Å². The van der Waals surface area contributed by atoms with Crippen LogP contribution in [-0.2, 0) is 11.0 Å². The van der Waals surface area contributed by atoms with Crippen molar-refractivity contribution in [1.82, 2.24) is 0 Å². The van der Waals surface area contributed by atoms with Crippen molar-refractivity contribution in [3.63, 3.8) is 0 Å². The van der Waals surface area contributed by atoms with E-state index >= 15 is 0 Å². The second kappa shape index (κ2) is 6.29. The number of ether oxygens (including phenoxy) is 1. The summed E-state index contributed by atoms with van der Waals surface area (Å²) in [5.74, 6) is 0.526. The maximum absolute atomic E-state index is 10.9. The summed E-state index contributed by atoms with van der Waals surface area (Å²) in [6.45, 7) is 11.4. The van der Waals surface area contributed by atoms with E-state index in [9.17, 15) is 4.79 Å². The standard InChI is InChI=1S/C15H23ClO3Si/c1-15(2,3)20(5,6)19-10-12-8-14(18-4)11(9-17)7-13(12)16/h7-9H,10H2,1-6H3. The topological polar surface area (TPSA) is 35.5 Å². The Balaban J connectivity index is 2.97. The van der Waals surface area contributed by atoms with Crippen LogP contribution in [0.4, 0.5) is 0 Å². The Kier molecular flexibility index (Phi) is 5.41. The molecule has 0 saturated heterocycles.